The number of hydrogen-bond acceptors (Lipinski definition) is 3. The van der Waals surface area contributed by atoms with Crippen molar-refractivity contribution in [2.24, 2.45) is 40.4 Å². The molecule has 5 heteroatoms. The molecule has 5 aliphatic rings. The van der Waals surface area contributed by atoms with Crippen molar-refractivity contribution in [1.82, 2.24) is 0 Å². The molecule has 2 bridgehead atoms. The van der Waals surface area contributed by atoms with Gasteiger partial charge in [0.1, 0.15) is 5.82 Å². The molecular formula is C28H38FNO3. The summed E-state index contributed by atoms with van der Waals surface area (Å²) in [5.74, 6) is 1.73. The number of fused-ring (bicyclic) bond motifs is 3. The van der Waals surface area contributed by atoms with Crippen LogP contribution in [0.25, 0.3) is 0 Å². The molecule has 2 N–H and O–H groups in total. The third-order valence-corrected chi connectivity index (χ3v) is 11.1. The number of carbonyl (C=O) groups is 1. The number of rotatable bonds is 2. The lowest BCUT2D eigenvalue weighted by atomic mass is 9.43. The highest BCUT2D eigenvalue weighted by Gasteiger charge is 2.69. The van der Waals surface area contributed by atoms with Gasteiger partial charge in [0.2, 0.25) is 5.91 Å². The van der Waals surface area contributed by atoms with Gasteiger partial charge in [0.05, 0.1) is 23.5 Å². The van der Waals surface area contributed by atoms with Gasteiger partial charge in [-0.2, -0.15) is 0 Å². The number of ether oxygens (including phenoxy) is 1. The van der Waals surface area contributed by atoms with Crippen LogP contribution in [0.3, 0.4) is 0 Å². The van der Waals surface area contributed by atoms with Gasteiger partial charge < -0.3 is 15.2 Å². The largest absolute Gasteiger partial charge is 0.390 e. The van der Waals surface area contributed by atoms with Gasteiger partial charge in [-0.25, -0.2) is 4.39 Å². The van der Waals surface area contributed by atoms with Gasteiger partial charge in [0.15, 0.2) is 0 Å². The molecule has 0 radical (unpaired) electrons. The first-order valence-corrected chi connectivity index (χ1v) is 13.1. The monoisotopic (exact) mass is 455 g/mol. The summed E-state index contributed by atoms with van der Waals surface area (Å²) in [5.41, 5.74) is -0.135. The highest BCUT2D eigenvalue weighted by Crippen LogP contribution is 2.71. The molecule has 6 rings (SSSR count). The minimum atomic E-state index is -0.570. The standard InChI is InChI=1S/C28H38FNO3/c1-16-28-13-12-26(2,32)15-21(28)24(33-16)14-17-18-8-9-20(27(18,3)11-10-19(17)28)25(31)30-23-7-5-4-6-22(23)29/h4-7,16-21,24,32H,8-15H2,1-3H3,(H,30,31)/t16-,17+,18+,19?,20-,21?,24-,26-,27+,28+/m1/s1. The molecule has 4 saturated carbocycles. The second-order valence-corrected chi connectivity index (χ2v) is 12.5. The first kappa shape index (κ1) is 22.0. The van der Waals surface area contributed by atoms with Crippen LogP contribution in [0.1, 0.15) is 72.1 Å². The van der Waals surface area contributed by atoms with Crippen LogP contribution >= 0.6 is 0 Å². The average Bonchev–Trinajstić information content (AvgIpc) is 3.20. The Hall–Kier alpha value is -1.46. The van der Waals surface area contributed by atoms with Gasteiger partial charge in [-0.05, 0) is 106 Å². The van der Waals surface area contributed by atoms with E-state index in [4.69, 9.17) is 4.74 Å². The van der Waals surface area contributed by atoms with Crippen LogP contribution in [0.4, 0.5) is 10.1 Å². The zero-order valence-corrected chi connectivity index (χ0v) is 20.1. The van der Waals surface area contributed by atoms with E-state index >= 15 is 0 Å². The Kier molecular flexibility index (Phi) is 4.85. The summed E-state index contributed by atoms with van der Waals surface area (Å²) in [7, 11) is 0. The van der Waals surface area contributed by atoms with Crippen LogP contribution < -0.4 is 5.32 Å². The smallest absolute Gasteiger partial charge is 0.228 e. The molecule has 0 aromatic heterocycles. The molecule has 1 aromatic carbocycles. The number of benzene rings is 1. The Morgan fingerprint density at radius 1 is 1.09 bits per heavy atom. The van der Waals surface area contributed by atoms with E-state index in [1.807, 2.05) is 6.92 Å². The first-order valence-electron chi connectivity index (χ1n) is 13.1. The molecule has 2 unspecified atom stereocenters. The highest BCUT2D eigenvalue weighted by atomic mass is 19.1. The van der Waals surface area contributed by atoms with E-state index in [2.05, 4.69) is 19.2 Å². The van der Waals surface area contributed by atoms with E-state index in [1.165, 1.54) is 6.07 Å². The molecule has 5 fully saturated rings. The Balaban J connectivity index is 1.27. The van der Waals surface area contributed by atoms with Crippen molar-refractivity contribution >= 4 is 11.6 Å². The topological polar surface area (TPSA) is 58.6 Å². The molecule has 180 valence electrons. The Morgan fingerprint density at radius 2 is 1.88 bits per heavy atom. The average molecular weight is 456 g/mol. The number of amides is 1. The third kappa shape index (κ3) is 3.03. The number of aliphatic hydroxyl groups is 1. The lowest BCUT2D eigenvalue weighted by Gasteiger charge is -2.61. The summed E-state index contributed by atoms with van der Waals surface area (Å²) < 4.78 is 20.8. The van der Waals surface area contributed by atoms with Gasteiger partial charge in [-0.3, -0.25) is 4.79 Å². The van der Waals surface area contributed by atoms with E-state index in [9.17, 15) is 14.3 Å². The lowest BCUT2D eigenvalue weighted by molar-refractivity contribution is -0.147. The van der Waals surface area contributed by atoms with Gasteiger partial charge in [-0.1, -0.05) is 19.1 Å². The molecule has 1 aromatic rings. The number of anilines is 1. The molecule has 0 spiro atoms. The molecule has 10 atom stereocenters. The van der Waals surface area contributed by atoms with E-state index in [1.54, 1.807) is 18.2 Å². The highest BCUT2D eigenvalue weighted by molar-refractivity contribution is 5.93. The maximum atomic E-state index is 14.2. The van der Waals surface area contributed by atoms with Crippen molar-refractivity contribution in [3.63, 3.8) is 0 Å². The molecule has 1 aliphatic heterocycles. The Bertz CT molecular complexity index is 964. The number of nitrogens with one attached hydrogen (secondary N) is 1. The van der Waals surface area contributed by atoms with E-state index in [0.29, 0.717) is 23.7 Å². The fraction of sp³-hybridized carbons (Fsp3) is 0.750. The fourth-order valence-electron chi connectivity index (χ4n) is 9.65. The molecule has 33 heavy (non-hydrogen) atoms. The summed E-state index contributed by atoms with van der Waals surface area (Å²) in [6.45, 7) is 6.61. The molecule has 1 saturated heterocycles. The van der Waals surface area contributed by atoms with Crippen LogP contribution in [0.15, 0.2) is 24.3 Å². The van der Waals surface area contributed by atoms with Gasteiger partial charge in [-0.15, -0.1) is 0 Å². The number of para-hydroxylation sites is 1. The van der Waals surface area contributed by atoms with E-state index < -0.39 is 5.60 Å². The summed E-state index contributed by atoms with van der Waals surface area (Å²) in [6, 6.07) is 6.46. The predicted molar refractivity (Wildman–Crippen MR) is 125 cm³/mol. The Morgan fingerprint density at radius 3 is 2.67 bits per heavy atom. The second kappa shape index (κ2) is 7.27. The normalized spacial score (nSPS) is 50.3. The maximum absolute atomic E-state index is 14.2. The van der Waals surface area contributed by atoms with Crippen molar-refractivity contribution in [2.75, 3.05) is 5.32 Å². The van der Waals surface area contributed by atoms with Crippen LogP contribution in [0.5, 0.6) is 0 Å². The number of carbonyl (C=O) groups excluding carboxylic acids is 1. The minimum Gasteiger partial charge on any atom is -0.390 e. The number of hydrogen-bond donors (Lipinski definition) is 2. The molecule has 1 heterocycles. The summed E-state index contributed by atoms with van der Waals surface area (Å²) >= 11 is 0. The summed E-state index contributed by atoms with van der Waals surface area (Å²) in [4.78, 5) is 13.3. The molecule has 4 aliphatic carbocycles. The van der Waals surface area contributed by atoms with Crippen molar-refractivity contribution in [1.29, 1.82) is 0 Å². The van der Waals surface area contributed by atoms with Gasteiger partial charge in [0, 0.05) is 11.3 Å². The van der Waals surface area contributed by atoms with Gasteiger partial charge >= 0.3 is 0 Å². The van der Waals surface area contributed by atoms with Crippen molar-refractivity contribution in [2.45, 2.75) is 89.9 Å². The first-order chi connectivity index (χ1) is 15.7. The fourth-order valence-corrected chi connectivity index (χ4v) is 9.65. The predicted octanol–water partition coefficient (Wildman–Crippen LogP) is 5.55. The van der Waals surface area contributed by atoms with E-state index in [0.717, 1.165) is 51.4 Å². The minimum absolute atomic E-state index is 0.0169. The maximum Gasteiger partial charge on any atom is 0.228 e. The quantitative estimate of drug-likeness (QED) is 0.615. The SMILES string of the molecule is C[C@H]1O[C@@H]2C[C@@H]3C(CC[C@]4(C)[C@@H](C(=O)Nc5ccccc5F)CC[C@@H]34)[C@]13CC[C@@](C)(O)CC23. The van der Waals surface area contributed by atoms with Crippen LogP contribution in [-0.2, 0) is 9.53 Å². The zero-order chi connectivity index (χ0) is 23.2. The zero-order valence-electron chi connectivity index (χ0n) is 20.1. The van der Waals surface area contributed by atoms with Gasteiger partial charge in [0.25, 0.3) is 0 Å². The van der Waals surface area contributed by atoms with Crippen molar-refractivity contribution in [3.05, 3.63) is 30.1 Å². The van der Waals surface area contributed by atoms with Crippen LogP contribution in [0.2, 0.25) is 0 Å². The number of halogens is 1. The molecular weight excluding hydrogens is 417 g/mol. The summed E-state index contributed by atoms with van der Waals surface area (Å²) in [6.07, 6.45) is 8.50. The second-order valence-electron chi connectivity index (χ2n) is 12.5. The summed E-state index contributed by atoms with van der Waals surface area (Å²) in [5, 5.41) is 13.8. The van der Waals surface area contributed by atoms with Crippen LogP contribution in [-0.4, -0.2) is 28.8 Å². The lowest BCUT2D eigenvalue weighted by Crippen LogP contribution is -2.59. The molecule has 4 nitrogen and oxygen atoms in total. The Labute approximate surface area is 196 Å². The van der Waals surface area contributed by atoms with Crippen molar-refractivity contribution in [3.8, 4) is 0 Å². The van der Waals surface area contributed by atoms with E-state index in [-0.39, 0.29) is 46.4 Å². The van der Waals surface area contributed by atoms with Crippen LogP contribution in [0, 0.1) is 46.2 Å². The molecule has 1 amide bonds. The third-order valence-electron chi connectivity index (χ3n) is 11.1. The van der Waals surface area contributed by atoms with Crippen molar-refractivity contribution < 1.29 is 19.0 Å².